The summed E-state index contributed by atoms with van der Waals surface area (Å²) in [6, 6.07) is 8.98. The molecule has 1 aromatic carbocycles. The average Bonchev–Trinajstić information content (AvgIpc) is 3.14. The van der Waals surface area contributed by atoms with Gasteiger partial charge in [-0.2, -0.15) is 4.98 Å². The van der Waals surface area contributed by atoms with E-state index in [-0.39, 0.29) is 6.10 Å². The second kappa shape index (κ2) is 5.53. The molecule has 1 aromatic heterocycles. The maximum absolute atomic E-state index is 11.6. The van der Waals surface area contributed by atoms with Crippen LogP contribution in [0.2, 0.25) is 0 Å². The third-order valence-corrected chi connectivity index (χ3v) is 3.62. The zero-order valence-electron chi connectivity index (χ0n) is 11.6. The summed E-state index contributed by atoms with van der Waals surface area (Å²) < 4.78 is 10.6. The summed E-state index contributed by atoms with van der Waals surface area (Å²) in [4.78, 5) is 17.6. The van der Waals surface area contributed by atoms with Crippen molar-refractivity contribution in [3.05, 3.63) is 30.3 Å². The van der Waals surface area contributed by atoms with Gasteiger partial charge in [0.2, 0.25) is 5.91 Å². The quantitative estimate of drug-likeness (QED) is 0.895. The Morgan fingerprint density at radius 3 is 2.86 bits per heavy atom. The number of carbonyl (C=O) groups excluding carboxylic acids is 1. The Bertz CT molecular complexity index is 628. The average molecular weight is 288 g/mol. The molecule has 0 unspecified atom stereocenters. The molecule has 2 N–H and O–H groups in total. The SMILES string of the molecule is CO[C@H]1C[C@@H](C(N)=O)N(c2noc(-c3ccccc3)n2)C1. The van der Waals surface area contributed by atoms with Crippen LogP contribution < -0.4 is 10.6 Å². The van der Waals surface area contributed by atoms with Gasteiger partial charge in [0.25, 0.3) is 11.8 Å². The van der Waals surface area contributed by atoms with Gasteiger partial charge >= 0.3 is 0 Å². The summed E-state index contributed by atoms with van der Waals surface area (Å²) in [6.07, 6.45) is 0.460. The van der Waals surface area contributed by atoms with Gasteiger partial charge in [-0.1, -0.05) is 18.2 Å². The highest BCUT2D eigenvalue weighted by Crippen LogP contribution is 2.27. The Hall–Kier alpha value is -2.41. The van der Waals surface area contributed by atoms with Crippen LogP contribution in [-0.2, 0) is 9.53 Å². The third kappa shape index (κ3) is 2.59. The van der Waals surface area contributed by atoms with Gasteiger partial charge in [0, 0.05) is 25.6 Å². The van der Waals surface area contributed by atoms with E-state index in [9.17, 15) is 4.79 Å². The Balaban J connectivity index is 1.87. The van der Waals surface area contributed by atoms with Crippen molar-refractivity contribution in [3.63, 3.8) is 0 Å². The van der Waals surface area contributed by atoms with Crippen LogP contribution in [0.4, 0.5) is 5.95 Å². The molecule has 1 fully saturated rings. The first-order chi connectivity index (χ1) is 10.2. The first-order valence-electron chi connectivity index (χ1n) is 6.67. The van der Waals surface area contributed by atoms with Crippen molar-refractivity contribution in [2.24, 2.45) is 5.73 Å². The lowest BCUT2D eigenvalue weighted by Crippen LogP contribution is -2.40. The minimum atomic E-state index is -0.476. The number of hydrogen-bond donors (Lipinski definition) is 1. The summed E-state index contributed by atoms with van der Waals surface area (Å²) >= 11 is 0. The van der Waals surface area contributed by atoms with Gasteiger partial charge < -0.3 is 19.9 Å². The fourth-order valence-electron chi connectivity index (χ4n) is 2.49. The largest absolute Gasteiger partial charge is 0.380 e. The molecular formula is C14H16N4O3. The van der Waals surface area contributed by atoms with Crippen molar-refractivity contribution < 1.29 is 14.1 Å². The maximum Gasteiger partial charge on any atom is 0.267 e. The highest BCUT2D eigenvalue weighted by Gasteiger charge is 2.38. The van der Waals surface area contributed by atoms with E-state index >= 15 is 0 Å². The number of aromatic nitrogens is 2. The van der Waals surface area contributed by atoms with Gasteiger partial charge in [-0.3, -0.25) is 4.79 Å². The Kier molecular flexibility index (Phi) is 3.57. The molecule has 21 heavy (non-hydrogen) atoms. The zero-order valence-corrected chi connectivity index (χ0v) is 11.6. The minimum Gasteiger partial charge on any atom is -0.380 e. The summed E-state index contributed by atoms with van der Waals surface area (Å²) in [5.74, 6) is 0.354. The highest BCUT2D eigenvalue weighted by molar-refractivity contribution is 5.83. The van der Waals surface area contributed by atoms with E-state index in [0.717, 1.165) is 5.56 Å². The van der Waals surface area contributed by atoms with E-state index in [0.29, 0.717) is 24.8 Å². The maximum atomic E-state index is 11.6. The first-order valence-corrected chi connectivity index (χ1v) is 6.67. The molecule has 3 rings (SSSR count). The van der Waals surface area contributed by atoms with Crippen LogP contribution in [-0.4, -0.2) is 41.8 Å². The minimum absolute atomic E-state index is 0.0684. The molecular weight excluding hydrogens is 272 g/mol. The zero-order chi connectivity index (χ0) is 14.8. The van der Waals surface area contributed by atoms with Gasteiger partial charge in [0.05, 0.1) is 6.10 Å². The second-order valence-electron chi connectivity index (χ2n) is 4.93. The number of primary amides is 1. The molecule has 2 heterocycles. The van der Waals surface area contributed by atoms with Gasteiger partial charge in [-0.05, 0) is 17.3 Å². The molecule has 0 bridgehead atoms. The normalized spacial score (nSPS) is 21.7. The van der Waals surface area contributed by atoms with Crippen molar-refractivity contribution in [3.8, 4) is 11.5 Å². The number of benzene rings is 1. The molecule has 7 nitrogen and oxygen atoms in total. The smallest absolute Gasteiger partial charge is 0.267 e. The Morgan fingerprint density at radius 2 is 2.19 bits per heavy atom. The molecule has 110 valence electrons. The predicted octanol–water partition coefficient (Wildman–Crippen LogP) is 0.816. The number of nitrogens with zero attached hydrogens (tertiary/aromatic N) is 3. The van der Waals surface area contributed by atoms with Crippen LogP contribution in [0.5, 0.6) is 0 Å². The van der Waals surface area contributed by atoms with Crippen LogP contribution in [0, 0.1) is 0 Å². The molecule has 1 saturated heterocycles. The van der Waals surface area contributed by atoms with Gasteiger partial charge in [0.1, 0.15) is 6.04 Å². The number of methoxy groups -OCH3 is 1. The number of carbonyl (C=O) groups is 1. The van der Waals surface area contributed by atoms with Crippen LogP contribution in [0.15, 0.2) is 34.9 Å². The van der Waals surface area contributed by atoms with Gasteiger partial charge in [-0.15, -0.1) is 0 Å². The number of nitrogens with two attached hydrogens (primary N) is 1. The lowest BCUT2D eigenvalue weighted by Gasteiger charge is -2.18. The van der Waals surface area contributed by atoms with Crippen molar-refractivity contribution in [2.75, 3.05) is 18.6 Å². The third-order valence-electron chi connectivity index (χ3n) is 3.62. The van der Waals surface area contributed by atoms with Crippen molar-refractivity contribution in [2.45, 2.75) is 18.6 Å². The summed E-state index contributed by atoms with van der Waals surface area (Å²) in [7, 11) is 1.61. The Labute approximate surface area is 121 Å². The summed E-state index contributed by atoms with van der Waals surface area (Å²) in [5.41, 5.74) is 6.27. The van der Waals surface area contributed by atoms with E-state index in [2.05, 4.69) is 10.1 Å². The van der Waals surface area contributed by atoms with Gasteiger partial charge in [0.15, 0.2) is 0 Å². The fraction of sp³-hybridized carbons (Fsp3) is 0.357. The van der Waals surface area contributed by atoms with Crippen LogP contribution in [0.25, 0.3) is 11.5 Å². The van der Waals surface area contributed by atoms with Crippen molar-refractivity contribution in [1.82, 2.24) is 10.1 Å². The molecule has 2 aromatic rings. The summed E-state index contributed by atoms with van der Waals surface area (Å²) in [6.45, 7) is 0.512. The number of ether oxygens (including phenoxy) is 1. The van der Waals surface area contributed by atoms with Gasteiger partial charge in [-0.25, -0.2) is 0 Å². The van der Waals surface area contributed by atoms with Crippen molar-refractivity contribution in [1.29, 1.82) is 0 Å². The lowest BCUT2D eigenvalue weighted by molar-refractivity contribution is -0.119. The van der Waals surface area contributed by atoms with Crippen LogP contribution in [0.3, 0.4) is 0 Å². The lowest BCUT2D eigenvalue weighted by atomic mass is 10.2. The van der Waals surface area contributed by atoms with E-state index in [1.807, 2.05) is 30.3 Å². The topological polar surface area (TPSA) is 94.5 Å². The van der Waals surface area contributed by atoms with E-state index in [1.165, 1.54) is 0 Å². The number of rotatable bonds is 4. The monoisotopic (exact) mass is 288 g/mol. The molecule has 0 aliphatic carbocycles. The van der Waals surface area contributed by atoms with Crippen LogP contribution in [0.1, 0.15) is 6.42 Å². The number of anilines is 1. The second-order valence-corrected chi connectivity index (χ2v) is 4.93. The summed E-state index contributed by atoms with van der Waals surface area (Å²) in [5, 5.41) is 3.95. The molecule has 1 aliphatic heterocycles. The van der Waals surface area contributed by atoms with E-state index < -0.39 is 11.9 Å². The molecule has 1 aliphatic rings. The molecule has 2 atom stereocenters. The predicted molar refractivity (Wildman–Crippen MR) is 75.5 cm³/mol. The standard InChI is InChI=1S/C14H16N4O3/c1-20-10-7-11(12(15)19)18(8-10)14-16-13(21-17-14)9-5-3-2-4-6-9/h2-6,10-11H,7-8H2,1H3,(H2,15,19)/t10-,11-/m0/s1. The number of hydrogen-bond acceptors (Lipinski definition) is 6. The van der Waals surface area contributed by atoms with Crippen LogP contribution >= 0.6 is 0 Å². The van der Waals surface area contributed by atoms with Crippen molar-refractivity contribution >= 4 is 11.9 Å². The van der Waals surface area contributed by atoms with E-state index in [1.54, 1.807) is 12.0 Å². The molecule has 0 spiro atoms. The Morgan fingerprint density at radius 1 is 1.43 bits per heavy atom. The molecule has 0 radical (unpaired) electrons. The number of amides is 1. The highest BCUT2D eigenvalue weighted by atomic mass is 16.5. The molecule has 0 saturated carbocycles. The molecule has 1 amide bonds. The first kappa shape index (κ1) is 13.6. The fourth-order valence-corrected chi connectivity index (χ4v) is 2.49. The molecule has 7 heteroatoms. The van der Waals surface area contributed by atoms with E-state index in [4.69, 9.17) is 15.0 Å².